The summed E-state index contributed by atoms with van der Waals surface area (Å²) in [5, 5.41) is 2.90. The molecular weight excluding hydrogens is 312 g/mol. The van der Waals surface area contributed by atoms with E-state index in [1.54, 1.807) is 6.07 Å². The van der Waals surface area contributed by atoms with Gasteiger partial charge in [-0.25, -0.2) is 8.42 Å². The van der Waals surface area contributed by atoms with Crippen LogP contribution in [0.25, 0.3) is 0 Å². The maximum Gasteiger partial charge on any atom is 0.243 e. The molecule has 1 aliphatic heterocycles. The molecule has 1 amide bonds. The van der Waals surface area contributed by atoms with E-state index in [0.717, 1.165) is 17.5 Å². The number of hydrogen-bond donors (Lipinski definition) is 1. The minimum Gasteiger partial charge on any atom is -0.356 e. The Morgan fingerprint density at radius 1 is 1.26 bits per heavy atom. The summed E-state index contributed by atoms with van der Waals surface area (Å²) < 4.78 is 27.1. The molecule has 1 aliphatic rings. The number of amides is 1. The summed E-state index contributed by atoms with van der Waals surface area (Å²) in [4.78, 5) is 12.4. The Hall–Kier alpha value is -1.40. The first-order valence-corrected chi connectivity index (χ1v) is 9.65. The lowest BCUT2D eigenvalue weighted by molar-refractivity contribution is -0.126. The predicted octanol–water partition coefficient (Wildman–Crippen LogP) is 2.23. The molecule has 0 spiro atoms. The number of aryl methyl sites for hydroxylation is 2. The second kappa shape index (κ2) is 7.45. The van der Waals surface area contributed by atoms with Crippen LogP contribution < -0.4 is 5.32 Å². The molecule has 23 heavy (non-hydrogen) atoms. The fourth-order valence-electron chi connectivity index (χ4n) is 2.98. The van der Waals surface area contributed by atoms with Gasteiger partial charge in [-0.3, -0.25) is 4.79 Å². The van der Waals surface area contributed by atoms with Crippen LogP contribution in [0.3, 0.4) is 0 Å². The minimum atomic E-state index is -3.47. The molecule has 1 saturated heterocycles. The van der Waals surface area contributed by atoms with E-state index in [4.69, 9.17) is 0 Å². The van der Waals surface area contributed by atoms with Crippen molar-refractivity contribution in [2.75, 3.05) is 19.6 Å². The SMILES string of the molecule is CCCNC(=O)C1CCN(S(=O)(=O)c2ccc(C)cc2C)CC1. The zero-order valence-electron chi connectivity index (χ0n) is 14.1. The summed E-state index contributed by atoms with van der Waals surface area (Å²) in [6.07, 6.45) is 2.07. The number of carbonyl (C=O) groups is 1. The summed E-state index contributed by atoms with van der Waals surface area (Å²) in [5.41, 5.74) is 1.82. The van der Waals surface area contributed by atoms with E-state index in [9.17, 15) is 13.2 Å². The average molecular weight is 338 g/mol. The molecule has 0 bridgehead atoms. The zero-order valence-corrected chi connectivity index (χ0v) is 14.9. The fraction of sp³-hybridized carbons (Fsp3) is 0.588. The van der Waals surface area contributed by atoms with Crippen molar-refractivity contribution in [1.29, 1.82) is 0 Å². The first-order chi connectivity index (χ1) is 10.9. The lowest BCUT2D eigenvalue weighted by Crippen LogP contribution is -2.43. The van der Waals surface area contributed by atoms with Crippen molar-refractivity contribution in [2.24, 2.45) is 5.92 Å². The summed E-state index contributed by atoms with van der Waals surface area (Å²) in [5.74, 6) is -0.0254. The molecule has 6 heteroatoms. The maximum atomic E-state index is 12.8. The van der Waals surface area contributed by atoms with Crippen molar-refractivity contribution in [1.82, 2.24) is 9.62 Å². The normalized spacial score (nSPS) is 17.2. The highest BCUT2D eigenvalue weighted by Gasteiger charge is 2.32. The number of rotatable bonds is 5. The number of nitrogens with one attached hydrogen (secondary N) is 1. The Bertz CT molecular complexity index is 662. The molecule has 1 aromatic carbocycles. The van der Waals surface area contributed by atoms with Gasteiger partial charge in [0.2, 0.25) is 15.9 Å². The van der Waals surface area contributed by atoms with E-state index < -0.39 is 10.0 Å². The van der Waals surface area contributed by atoms with Crippen LogP contribution in [0.4, 0.5) is 0 Å². The Morgan fingerprint density at radius 2 is 1.91 bits per heavy atom. The highest BCUT2D eigenvalue weighted by molar-refractivity contribution is 7.89. The quantitative estimate of drug-likeness (QED) is 0.895. The second-order valence-electron chi connectivity index (χ2n) is 6.24. The van der Waals surface area contributed by atoms with Gasteiger partial charge in [-0.2, -0.15) is 4.31 Å². The number of piperidine rings is 1. The molecule has 5 nitrogen and oxygen atoms in total. The van der Waals surface area contributed by atoms with E-state index in [2.05, 4.69) is 5.32 Å². The molecule has 1 fully saturated rings. The fourth-order valence-corrected chi connectivity index (χ4v) is 4.65. The van der Waals surface area contributed by atoms with Gasteiger partial charge in [-0.1, -0.05) is 24.6 Å². The lowest BCUT2D eigenvalue weighted by Gasteiger charge is -2.31. The summed E-state index contributed by atoms with van der Waals surface area (Å²) in [7, 11) is -3.47. The van der Waals surface area contributed by atoms with Crippen LogP contribution in [0.1, 0.15) is 37.3 Å². The van der Waals surface area contributed by atoms with Crippen LogP contribution in [0.2, 0.25) is 0 Å². The van der Waals surface area contributed by atoms with Crippen LogP contribution in [-0.2, 0) is 14.8 Å². The molecule has 0 saturated carbocycles. The van der Waals surface area contributed by atoms with Crippen molar-refractivity contribution in [3.05, 3.63) is 29.3 Å². The number of hydrogen-bond acceptors (Lipinski definition) is 3. The highest BCUT2D eigenvalue weighted by atomic mass is 32.2. The minimum absolute atomic E-state index is 0.0513. The van der Waals surface area contributed by atoms with Crippen LogP contribution in [0.15, 0.2) is 23.1 Å². The van der Waals surface area contributed by atoms with Crippen molar-refractivity contribution < 1.29 is 13.2 Å². The first-order valence-electron chi connectivity index (χ1n) is 8.21. The van der Waals surface area contributed by atoms with Crippen LogP contribution in [0, 0.1) is 19.8 Å². The number of benzene rings is 1. The third-order valence-corrected chi connectivity index (χ3v) is 6.38. The molecule has 0 aliphatic carbocycles. The largest absolute Gasteiger partial charge is 0.356 e. The van der Waals surface area contributed by atoms with Crippen molar-refractivity contribution in [3.63, 3.8) is 0 Å². The van der Waals surface area contributed by atoms with Gasteiger partial charge in [0.25, 0.3) is 0 Å². The molecule has 128 valence electrons. The maximum absolute atomic E-state index is 12.8. The first kappa shape index (κ1) is 17.9. The van der Waals surface area contributed by atoms with Crippen LogP contribution in [-0.4, -0.2) is 38.3 Å². The van der Waals surface area contributed by atoms with Gasteiger partial charge in [0.1, 0.15) is 0 Å². The molecule has 1 heterocycles. The standard InChI is InChI=1S/C17H26N2O3S/c1-4-9-18-17(20)15-7-10-19(11-8-15)23(21,22)16-6-5-13(2)12-14(16)3/h5-6,12,15H,4,7-11H2,1-3H3,(H,18,20). The van der Waals surface area contributed by atoms with Crippen LogP contribution in [0.5, 0.6) is 0 Å². The van der Waals surface area contributed by atoms with Gasteiger partial charge in [0.15, 0.2) is 0 Å². The Balaban J connectivity index is 2.05. The van der Waals surface area contributed by atoms with Gasteiger partial charge < -0.3 is 5.32 Å². The van der Waals surface area contributed by atoms with Gasteiger partial charge in [-0.15, -0.1) is 0 Å². The smallest absolute Gasteiger partial charge is 0.243 e. The van der Waals surface area contributed by atoms with Gasteiger partial charge in [0.05, 0.1) is 4.90 Å². The van der Waals surface area contributed by atoms with E-state index in [1.165, 1.54) is 4.31 Å². The van der Waals surface area contributed by atoms with Crippen molar-refractivity contribution in [3.8, 4) is 0 Å². The molecule has 0 atom stereocenters. The number of sulfonamides is 1. The molecule has 0 radical (unpaired) electrons. The number of carbonyl (C=O) groups excluding carboxylic acids is 1. The topological polar surface area (TPSA) is 66.5 Å². The van der Waals surface area contributed by atoms with Crippen molar-refractivity contribution in [2.45, 2.75) is 44.9 Å². The summed E-state index contributed by atoms with van der Waals surface area (Å²) >= 11 is 0. The molecule has 1 aromatic rings. The summed E-state index contributed by atoms with van der Waals surface area (Å²) in [6.45, 7) is 7.27. The molecular formula is C17H26N2O3S. The van der Waals surface area contributed by atoms with E-state index >= 15 is 0 Å². The lowest BCUT2D eigenvalue weighted by atomic mass is 9.97. The Labute approximate surface area is 139 Å². The molecule has 1 N–H and O–H groups in total. The van der Waals surface area contributed by atoms with E-state index in [1.807, 2.05) is 32.9 Å². The van der Waals surface area contributed by atoms with Gasteiger partial charge in [-0.05, 0) is 44.7 Å². The molecule has 0 unspecified atom stereocenters. The van der Waals surface area contributed by atoms with E-state index in [-0.39, 0.29) is 11.8 Å². The third-order valence-electron chi connectivity index (χ3n) is 4.32. The average Bonchev–Trinajstić information content (AvgIpc) is 2.52. The highest BCUT2D eigenvalue weighted by Crippen LogP contribution is 2.26. The number of nitrogens with zero attached hydrogens (tertiary/aromatic N) is 1. The molecule has 0 aromatic heterocycles. The molecule has 2 rings (SSSR count). The zero-order chi connectivity index (χ0) is 17.0. The Morgan fingerprint density at radius 3 is 2.48 bits per heavy atom. The van der Waals surface area contributed by atoms with Gasteiger partial charge in [0, 0.05) is 25.6 Å². The monoisotopic (exact) mass is 338 g/mol. The predicted molar refractivity (Wildman–Crippen MR) is 90.7 cm³/mol. The van der Waals surface area contributed by atoms with Gasteiger partial charge >= 0.3 is 0 Å². The Kier molecular flexibility index (Phi) is 5.81. The second-order valence-corrected chi connectivity index (χ2v) is 8.14. The van der Waals surface area contributed by atoms with E-state index in [0.29, 0.717) is 37.4 Å². The van der Waals surface area contributed by atoms with Crippen LogP contribution >= 0.6 is 0 Å². The summed E-state index contributed by atoms with van der Waals surface area (Å²) in [6, 6.07) is 5.39. The third kappa shape index (κ3) is 4.12. The van der Waals surface area contributed by atoms with Crippen molar-refractivity contribution >= 4 is 15.9 Å².